The van der Waals surface area contributed by atoms with Gasteiger partial charge in [-0.3, -0.25) is 0 Å². The Labute approximate surface area is 88.1 Å². The molecule has 0 aromatic heterocycles. The molecule has 0 bridgehead atoms. The fraction of sp³-hybridized carbons (Fsp3) is 1.00. The van der Waals surface area contributed by atoms with Crippen LogP contribution in [0.4, 0.5) is 0 Å². The smallest absolute Gasteiger partial charge is 0.0195 e. The van der Waals surface area contributed by atoms with E-state index in [1.54, 1.807) is 0 Å². The van der Waals surface area contributed by atoms with Gasteiger partial charge in [0.05, 0.1) is 0 Å². The van der Waals surface area contributed by atoms with E-state index in [2.05, 4.69) is 17.1 Å². The van der Waals surface area contributed by atoms with Gasteiger partial charge in [-0.15, -0.1) is 0 Å². The maximum Gasteiger partial charge on any atom is 0.0195 e. The monoisotopic (exact) mass is 196 g/mol. The predicted molar refractivity (Wildman–Crippen MR) is 60.5 cm³/mol. The second-order valence-electron chi connectivity index (χ2n) is 4.94. The maximum absolute atomic E-state index is 3.64. The van der Waals surface area contributed by atoms with Crippen molar-refractivity contribution < 1.29 is 0 Å². The highest BCUT2D eigenvalue weighted by atomic mass is 15.1. The number of hydrogen-bond donors (Lipinski definition) is 1. The first kappa shape index (κ1) is 10.4. The summed E-state index contributed by atoms with van der Waals surface area (Å²) >= 11 is 0. The largest absolute Gasteiger partial charge is 0.313 e. The van der Waals surface area contributed by atoms with Crippen molar-refractivity contribution in [3.63, 3.8) is 0 Å². The van der Waals surface area contributed by atoms with E-state index in [1.165, 1.54) is 58.3 Å². The standard InChI is InChI=1S/C12H24N2/c1-2-14(9-11-6-7-11)10-12-5-3-4-8-13-12/h11-13H,2-10H2,1H3. The topological polar surface area (TPSA) is 15.3 Å². The lowest BCUT2D eigenvalue weighted by molar-refractivity contribution is 0.226. The molecular weight excluding hydrogens is 172 g/mol. The van der Waals surface area contributed by atoms with Gasteiger partial charge in [-0.1, -0.05) is 13.3 Å². The van der Waals surface area contributed by atoms with Crippen molar-refractivity contribution in [1.82, 2.24) is 10.2 Å². The van der Waals surface area contributed by atoms with Gasteiger partial charge in [0.25, 0.3) is 0 Å². The van der Waals surface area contributed by atoms with Crippen LogP contribution in [0.5, 0.6) is 0 Å². The second kappa shape index (κ2) is 5.13. The molecule has 82 valence electrons. The van der Waals surface area contributed by atoms with E-state index in [-0.39, 0.29) is 0 Å². The summed E-state index contributed by atoms with van der Waals surface area (Å²) in [6.07, 6.45) is 7.16. The van der Waals surface area contributed by atoms with E-state index < -0.39 is 0 Å². The van der Waals surface area contributed by atoms with Crippen LogP contribution in [0.1, 0.15) is 39.0 Å². The Kier molecular flexibility index (Phi) is 3.82. The van der Waals surface area contributed by atoms with E-state index in [0.717, 1.165) is 12.0 Å². The van der Waals surface area contributed by atoms with Gasteiger partial charge < -0.3 is 10.2 Å². The highest BCUT2D eigenvalue weighted by Crippen LogP contribution is 2.29. The van der Waals surface area contributed by atoms with Gasteiger partial charge in [0, 0.05) is 19.1 Å². The van der Waals surface area contributed by atoms with Crippen LogP contribution >= 0.6 is 0 Å². The highest BCUT2D eigenvalue weighted by Gasteiger charge is 2.25. The molecule has 0 aromatic rings. The summed E-state index contributed by atoms with van der Waals surface area (Å²) in [6, 6.07) is 0.780. The number of rotatable bonds is 5. The summed E-state index contributed by atoms with van der Waals surface area (Å²) in [7, 11) is 0. The molecular formula is C12H24N2. The first-order valence-electron chi connectivity index (χ1n) is 6.34. The van der Waals surface area contributed by atoms with Crippen molar-refractivity contribution in [2.24, 2.45) is 5.92 Å². The van der Waals surface area contributed by atoms with Crippen LogP contribution in [0, 0.1) is 5.92 Å². The number of nitrogens with zero attached hydrogens (tertiary/aromatic N) is 1. The summed E-state index contributed by atoms with van der Waals surface area (Å²) in [5.41, 5.74) is 0. The summed E-state index contributed by atoms with van der Waals surface area (Å²) in [5, 5.41) is 3.64. The van der Waals surface area contributed by atoms with Crippen molar-refractivity contribution in [2.45, 2.75) is 45.1 Å². The minimum Gasteiger partial charge on any atom is -0.313 e. The Balaban J connectivity index is 1.68. The van der Waals surface area contributed by atoms with Crippen LogP contribution in [0.15, 0.2) is 0 Å². The average molecular weight is 196 g/mol. The van der Waals surface area contributed by atoms with Crippen molar-refractivity contribution in [3.05, 3.63) is 0 Å². The predicted octanol–water partition coefficient (Wildman–Crippen LogP) is 1.86. The minimum absolute atomic E-state index is 0.780. The third-order valence-corrected chi connectivity index (χ3v) is 3.55. The molecule has 2 nitrogen and oxygen atoms in total. The van der Waals surface area contributed by atoms with Crippen molar-refractivity contribution in [3.8, 4) is 0 Å². The van der Waals surface area contributed by atoms with E-state index in [9.17, 15) is 0 Å². The quantitative estimate of drug-likeness (QED) is 0.722. The van der Waals surface area contributed by atoms with Gasteiger partial charge >= 0.3 is 0 Å². The average Bonchev–Trinajstić information content (AvgIpc) is 3.02. The SMILES string of the molecule is CCN(CC1CC1)CC1CCCCN1. The molecule has 14 heavy (non-hydrogen) atoms. The van der Waals surface area contributed by atoms with Gasteiger partial charge in [0.1, 0.15) is 0 Å². The van der Waals surface area contributed by atoms with E-state index in [4.69, 9.17) is 0 Å². The van der Waals surface area contributed by atoms with Crippen LogP contribution in [0.25, 0.3) is 0 Å². The molecule has 1 saturated carbocycles. The molecule has 2 aliphatic rings. The van der Waals surface area contributed by atoms with Gasteiger partial charge in [0.2, 0.25) is 0 Å². The molecule has 0 spiro atoms. The third kappa shape index (κ3) is 3.25. The van der Waals surface area contributed by atoms with Crippen molar-refractivity contribution in [1.29, 1.82) is 0 Å². The molecule has 1 aliphatic heterocycles. The molecule has 2 rings (SSSR count). The molecule has 1 aliphatic carbocycles. The lowest BCUT2D eigenvalue weighted by Crippen LogP contribution is -2.44. The third-order valence-electron chi connectivity index (χ3n) is 3.55. The first-order chi connectivity index (χ1) is 6.88. The highest BCUT2D eigenvalue weighted by molar-refractivity contribution is 4.81. The van der Waals surface area contributed by atoms with Gasteiger partial charge in [-0.2, -0.15) is 0 Å². The summed E-state index contributed by atoms with van der Waals surface area (Å²) in [6.45, 7) is 7.41. The molecule has 0 amide bonds. The lowest BCUT2D eigenvalue weighted by Gasteiger charge is -2.29. The normalized spacial score (nSPS) is 28.3. The van der Waals surface area contributed by atoms with Crippen LogP contribution in [-0.4, -0.2) is 37.1 Å². The number of nitrogens with one attached hydrogen (secondary N) is 1. The van der Waals surface area contributed by atoms with Crippen LogP contribution in [0.2, 0.25) is 0 Å². The summed E-state index contributed by atoms with van der Waals surface area (Å²) in [4.78, 5) is 2.64. The second-order valence-corrected chi connectivity index (χ2v) is 4.94. The molecule has 1 saturated heterocycles. The Morgan fingerprint density at radius 1 is 1.14 bits per heavy atom. The first-order valence-corrected chi connectivity index (χ1v) is 6.34. The van der Waals surface area contributed by atoms with E-state index >= 15 is 0 Å². The molecule has 2 heteroatoms. The Morgan fingerprint density at radius 2 is 2.00 bits per heavy atom. The molecule has 1 N–H and O–H groups in total. The Bertz CT molecular complexity index is 160. The molecule has 0 aromatic carbocycles. The van der Waals surface area contributed by atoms with Crippen molar-refractivity contribution in [2.75, 3.05) is 26.2 Å². The zero-order valence-electron chi connectivity index (χ0n) is 9.47. The summed E-state index contributed by atoms with van der Waals surface area (Å²) in [5.74, 6) is 1.04. The molecule has 0 radical (unpaired) electrons. The lowest BCUT2D eigenvalue weighted by atomic mass is 10.0. The Hall–Kier alpha value is -0.0800. The molecule has 1 heterocycles. The summed E-state index contributed by atoms with van der Waals surface area (Å²) < 4.78 is 0. The van der Waals surface area contributed by atoms with Gasteiger partial charge in [0.15, 0.2) is 0 Å². The Morgan fingerprint density at radius 3 is 2.57 bits per heavy atom. The molecule has 2 fully saturated rings. The zero-order valence-corrected chi connectivity index (χ0v) is 9.47. The zero-order chi connectivity index (χ0) is 9.80. The van der Waals surface area contributed by atoms with Crippen molar-refractivity contribution >= 4 is 0 Å². The van der Waals surface area contributed by atoms with Gasteiger partial charge in [-0.05, 0) is 44.7 Å². The molecule has 1 atom stereocenters. The van der Waals surface area contributed by atoms with Crippen LogP contribution in [-0.2, 0) is 0 Å². The van der Waals surface area contributed by atoms with E-state index in [0.29, 0.717) is 0 Å². The number of piperidine rings is 1. The number of likely N-dealkylation sites (N-methyl/N-ethyl adjacent to an activating group) is 1. The van der Waals surface area contributed by atoms with E-state index in [1.807, 2.05) is 0 Å². The number of hydrogen-bond acceptors (Lipinski definition) is 2. The maximum atomic E-state index is 3.64. The van der Waals surface area contributed by atoms with Crippen LogP contribution < -0.4 is 5.32 Å². The van der Waals surface area contributed by atoms with Crippen LogP contribution in [0.3, 0.4) is 0 Å². The minimum atomic E-state index is 0.780. The molecule has 1 unspecified atom stereocenters. The van der Waals surface area contributed by atoms with Gasteiger partial charge in [-0.25, -0.2) is 0 Å². The fourth-order valence-electron chi connectivity index (χ4n) is 2.39. The fourth-order valence-corrected chi connectivity index (χ4v) is 2.39.